The highest BCUT2D eigenvalue weighted by Crippen LogP contribution is 2.33. The molecule has 0 radical (unpaired) electrons. The summed E-state index contributed by atoms with van der Waals surface area (Å²) in [5, 5.41) is 0.654. The second-order valence-corrected chi connectivity index (χ2v) is 6.24. The Labute approximate surface area is 141 Å². The zero-order valence-corrected chi connectivity index (χ0v) is 13.9. The second kappa shape index (κ2) is 7.05. The Morgan fingerprint density at radius 2 is 1.96 bits per heavy atom. The lowest BCUT2D eigenvalue weighted by Crippen LogP contribution is -2.30. The van der Waals surface area contributed by atoms with E-state index >= 15 is 0 Å². The topological polar surface area (TPSA) is 29.5 Å². The maximum Gasteiger partial charge on any atom is 0.227 e. The van der Waals surface area contributed by atoms with Crippen molar-refractivity contribution in [1.82, 2.24) is 4.90 Å². The molecular formula is C19H20ClNO2. The minimum atomic E-state index is 0.135. The van der Waals surface area contributed by atoms with Crippen LogP contribution in [0.1, 0.15) is 23.5 Å². The summed E-state index contributed by atoms with van der Waals surface area (Å²) in [5.74, 6) is 1.37. The lowest BCUT2D eigenvalue weighted by atomic mass is 9.97. The van der Waals surface area contributed by atoms with Crippen molar-refractivity contribution in [3.8, 4) is 5.75 Å². The van der Waals surface area contributed by atoms with Gasteiger partial charge in [0.05, 0.1) is 13.5 Å². The summed E-state index contributed by atoms with van der Waals surface area (Å²) in [6.45, 7) is 1.52. The van der Waals surface area contributed by atoms with E-state index in [1.165, 1.54) is 5.56 Å². The van der Waals surface area contributed by atoms with Gasteiger partial charge in [-0.1, -0.05) is 48.0 Å². The van der Waals surface area contributed by atoms with Crippen molar-refractivity contribution in [2.75, 3.05) is 20.2 Å². The van der Waals surface area contributed by atoms with Gasteiger partial charge in [-0.25, -0.2) is 0 Å². The van der Waals surface area contributed by atoms with Crippen LogP contribution in [0.2, 0.25) is 5.02 Å². The first-order valence-corrected chi connectivity index (χ1v) is 8.21. The Morgan fingerprint density at radius 1 is 1.22 bits per heavy atom. The fraction of sp³-hybridized carbons (Fsp3) is 0.316. The molecule has 23 heavy (non-hydrogen) atoms. The van der Waals surface area contributed by atoms with Gasteiger partial charge >= 0.3 is 0 Å². The highest BCUT2D eigenvalue weighted by atomic mass is 35.5. The van der Waals surface area contributed by atoms with Crippen LogP contribution in [0, 0.1) is 0 Å². The van der Waals surface area contributed by atoms with Gasteiger partial charge in [0.15, 0.2) is 0 Å². The SMILES string of the molecule is COc1ccccc1C1CCN(C(=O)Cc2ccccc2Cl)C1. The maximum atomic E-state index is 12.5. The van der Waals surface area contributed by atoms with E-state index in [1.807, 2.05) is 47.4 Å². The molecule has 1 aliphatic heterocycles. The summed E-state index contributed by atoms with van der Waals surface area (Å²) in [4.78, 5) is 14.5. The minimum absolute atomic E-state index is 0.135. The van der Waals surface area contributed by atoms with Crippen LogP contribution in [0.5, 0.6) is 5.75 Å². The first-order valence-electron chi connectivity index (χ1n) is 7.83. The molecule has 0 aromatic heterocycles. The zero-order valence-electron chi connectivity index (χ0n) is 13.2. The first-order chi connectivity index (χ1) is 11.2. The minimum Gasteiger partial charge on any atom is -0.496 e. The normalized spacial score (nSPS) is 17.3. The average Bonchev–Trinajstić information content (AvgIpc) is 3.07. The Morgan fingerprint density at radius 3 is 2.74 bits per heavy atom. The molecule has 3 rings (SSSR count). The van der Waals surface area contributed by atoms with Crippen molar-refractivity contribution in [3.63, 3.8) is 0 Å². The Balaban J connectivity index is 1.68. The van der Waals surface area contributed by atoms with Crippen molar-refractivity contribution in [2.45, 2.75) is 18.8 Å². The number of halogens is 1. The van der Waals surface area contributed by atoms with Crippen LogP contribution in [0.3, 0.4) is 0 Å². The number of methoxy groups -OCH3 is 1. The molecule has 4 heteroatoms. The number of hydrogen-bond acceptors (Lipinski definition) is 2. The van der Waals surface area contributed by atoms with Crippen molar-refractivity contribution < 1.29 is 9.53 Å². The number of rotatable bonds is 4. The monoisotopic (exact) mass is 329 g/mol. The third-order valence-corrected chi connectivity index (χ3v) is 4.79. The van der Waals surface area contributed by atoms with Gasteiger partial charge in [-0.3, -0.25) is 4.79 Å². The van der Waals surface area contributed by atoms with Gasteiger partial charge in [-0.05, 0) is 29.7 Å². The standard InChI is InChI=1S/C19H20ClNO2/c1-23-18-9-5-3-7-16(18)15-10-11-21(13-15)19(22)12-14-6-2-4-8-17(14)20/h2-9,15H,10-13H2,1H3. The summed E-state index contributed by atoms with van der Waals surface area (Å²) in [6.07, 6.45) is 1.33. The summed E-state index contributed by atoms with van der Waals surface area (Å²) >= 11 is 6.15. The van der Waals surface area contributed by atoms with Crippen LogP contribution in [0.15, 0.2) is 48.5 Å². The molecule has 1 unspecified atom stereocenters. The van der Waals surface area contributed by atoms with Crippen LogP contribution in [-0.4, -0.2) is 31.0 Å². The van der Waals surface area contributed by atoms with E-state index in [9.17, 15) is 4.79 Å². The molecule has 0 spiro atoms. The maximum absolute atomic E-state index is 12.5. The smallest absolute Gasteiger partial charge is 0.227 e. The van der Waals surface area contributed by atoms with Gasteiger partial charge in [-0.2, -0.15) is 0 Å². The van der Waals surface area contributed by atoms with Gasteiger partial charge in [0.1, 0.15) is 5.75 Å². The van der Waals surface area contributed by atoms with Gasteiger partial charge < -0.3 is 9.64 Å². The number of nitrogens with zero attached hydrogens (tertiary/aromatic N) is 1. The number of amides is 1. The summed E-state index contributed by atoms with van der Waals surface area (Å²) in [6, 6.07) is 15.6. The van der Waals surface area contributed by atoms with Gasteiger partial charge in [-0.15, -0.1) is 0 Å². The van der Waals surface area contributed by atoms with Crippen molar-refractivity contribution in [2.24, 2.45) is 0 Å². The lowest BCUT2D eigenvalue weighted by molar-refractivity contribution is -0.129. The molecular weight excluding hydrogens is 310 g/mol. The fourth-order valence-corrected chi connectivity index (χ4v) is 3.36. The Bertz CT molecular complexity index is 701. The summed E-state index contributed by atoms with van der Waals surface area (Å²) < 4.78 is 5.44. The van der Waals surface area contributed by atoms with Crippen molar-refractivity contribution >= 4 is 17.5 Å². The van der Waals surface area contributed by atoms with Crippen LogP contribution in [-0.2, 0) is 11.2 Å². The molecule has 0 bridgehead atoms. The van der Waals surface area contributed by atoms with Crippen molar-refractivity contribution in [3.05, 3.63) is 64.7 Å². The predicted molar refractivity (Wildman–Crippen MR) is 92.1 cm³/mol. The van der Waals surface area contributed by atoms with Crippen LogP contribution in [0.4, 0.5) is 0 Å². The summed E-state index contributed by atoms with van der Waals surface area (Å²) in [7, 11) is 1.69. The molecule has 2 aromatic carbocycles. The number of benzene rings is 2. The van der Waals surface area contributed by atoms with E-state index < -0.39 is 0 Å². The van der Waals surface area contributed by atoms with E-state index in [4.69, 9.17) is 16.3 Å². The second-order valence-electron chi connectivity index (χ2n) is 5.84. The molecule has 1 heterocycles. The quantitative estimate of drug-likeness (QED) is 0.851. The number of carbonyl (C=O) groups excluding carboxylic acids is 1. The molecule has 0 aliphatic carbocycles. The van der Waals surface area contributed by atoms with E-state index in [1.54, 1.807) is 7.11 Å². The largest absolute Gasteiger partial charge is 0.496 e. The average molecular weight is 330 g/mol. The highest BCUT2D eigenvalue weighted by molar-refractivity contribution is 6.31. The molecule has 1 amide bonds. The molecule has 1 atom stereocenters. The fourth-order valence-electron chi connectivity index (χ4n) is 3.16. The van der Waals surface area contributed by atoms with Crippen LogP contribution < -0.4 is 4.74 Å². The van der Waals surface area contributed by atoms with E-state index in [-0.39, 0.29) is 5.91 Å². The Hall–Kier alpha value is -2.00. The lowest BCUT2D eigenvalue weighted by Gasteiger charge is -2.18. The molecule has 0 N–H and O–H groups in total. The number of ether oxygens (including phenoxy) is 1. The van der Waals surface area contributed by atoms with Crippen molar-refractivity contribution in [1.29, 1.82) is 0 Å². The molecule has 0 saturated carbocycles. The molecule has 3 nitrogen and oxygen atoms in total. The van der Waals surface area contributed by atoms with E-state index in [0.717, 1.165) is 30.8 Å². The van der Waals surface area contributed by atoms with Gasteiger partial charge in [0.25, 0.3) is 0 Å². The summed E-state index contributed by atoms with van der Waals surface area (Å²) in [5.41, 5.74) is 2.07. The Kier molecular flexibility index (Phi) is 4.87. The molecule has 2 aromatic rings. The third kappa shape index (κ3) is 3.50. The van der Waals surface area contributed by atoms with Gasteiger partial charge in [0.2, 0.25) is 5.91 Å². The number of hydrogen-bond donors (Lipinski definition) is 0. The van der Waals surface area contributed by atoms with Crippen LogP contribution in [0.25, 0.3) is 0 Å². The van der Waals surface area contributed by atoms with Gasteiger partial charge in [0, 0.05) is 24.0 Å². The number of carbonyl (C=O) groups is 1. The molecule has 1 fully saturated rings. The molecule has 1 saturated heterocycles. The van der Waals surface area contributed by atoms with E-state index in [0.29, 0.717) is 17.4 Å². The highest BCUT2D eigenvalue weighted by Gasteiger charge is 2.29. The van der Waals surface area contributed by atoms with E-state index in [2.05, 4.69) is 6.07 Å². The van der Waals surface area contributed by atoms with Crippen LogP contribution >= 0.6 is 11.6 Å². The zero-order chi connectivity index (χ0) is 16.2. The predicted octanol–water partition coefficient (Wildman–Crippen LogP) is 3.91. The first kappa shape index (κ1) is 15.9. The molecule has 120 valence electrons. The number of para-hydroxylation sites is 1. The molecule has 1 aliphatic rings. The number of likely N-dealkylation sites (tertiary alicyclic amines) is 1. The third-order valence-electron chi connectivity index (χ3n) is 4.42.